The van der Waals surface area contributed by atoms with Crippen molar-refractivity contribution in [1.82, 2.24) is 15.1 Å². The molecule has 7 heteroatoms. The number of nitrogens with one attached hydrogen (secondary N) is 1. The second-order valence-electron chi connectivity index (χ2n) is 7.55. The van der Waals surface area contributed by atoms with E-state index in [4.69, 9.17) is 0 Å². The minimum absolute atomic E-state index is 0.00772. The molecule has 6 nitrogen and oxygen atoms in total. The summed E-state index contributed by atoms with van der Waals surface area (Å²) in [4.78, 5) is 22.4. The molecule has 1 aliphatic rings. The standard InChI is InChI=1S/C23H30FN5O/c1-25-23(26-12-11-18-7-6-8-19(17-18)22(30)27(2)3)29-15-13-28(14-16-29)21-10-5-4-9-20(21)24/h4-10,17H,11-16H2,1-3H3,(H,25,26). The first kappa shape index (κ1) is 21.6. The highest BCUT2D eigenvalue weighted by molar-refractivity contribution is 5.94. The number of hydrogen-bond acceptors (Lipinski definition) is 3. The van der Waals surface area contributed by atoms with Crippen LogP contribution in [-0.2, 0) is 6.42 Å². The average molecular weight is 412 g/mol. The van der Waals surface area contributed by atoms with Crippen LogP contribution in [0.25, 0.3) is 0 Å². The molecule has 1 saturated heterocycles. The van der Waals surface area contributed by atoms with Gasteiger partial charge in [0.25, 0.3) is 5.91 Å². The minimum Gasteiger partial charge on any atom is -0.366 e. The van der Waals surface area contributed by atoms with Crippen molar-refractivity contribution < 1.29 is 9.18 Å². The number of carbonyl (C=O) groups is 1. The number of aliphatic imine (C=N–C) groups is 1. The van der Waals surface area contributed by atoms with Gasteiger partial charge in [-0.25, -0.2) is 4.39 Å². The Morgan fingerprint density at radius 1 is 1.10 bits per heavy atom. The summed E-state index contributed by atoms with van der Waals surface area (Å²) in [5.41, 5.74) is 2.47. The van der Waals surface area contributed by atoms with Gasteiger partial charge < -0.3 is 20.0 Å². The van der Waals surface area contributed by atoms with Crippen LogP contribution in [0.5, 0.6) is 0 Å². The molecule has 0 unspecified atom stereocenters. The van der Waals surface area contributed by atoms with Crippen LogP contribution in [0.4, 0.5) is 10.1 Å². The van der Waals surface area contributed by atoms with E-state index in [0.29, 0.717) is 11.3 Å². The first-order valence-electron chi connectivity index (χ1n) is 10.2. The van der Waals surface area contributed by atoms with Crippen molar-refractivity contribution in [2.75, 3.05) is 58.8 Å². The number of rotatable bonds is 5. The second-order valence-corrected chi connectivity index (χ2v) is 7.55. The van der Waals surface area contributed by atoms with Crippen LogP contribution in [0.2, 0.25) is 0 Å². The van der Waals surface area contributed by atoms with Gasteiger partial charge in [0.2, 0.25) is 0 Å². The lowest BCUT2D eigenvalue weighted by atomic mass is 10.1. The van der Waals surface area contributed by atoms with Crippen LogP contribution in [0, 0.1) is 5.82 Å². The lowest BCUT2D eigenvalue weighted by molar-refractivity contribution is 0.0827. The van der Waals surface area contributed by atoms with Gasteiger partial charge in [-0.3, -0.25) is 9.79 Å². The predicted molar refractivity (Wildman–Crippen MR) is 120 cm³/mol. The summed E-state index contributed by atoms with van der Waals surface area (Å²) >= 11 is 0. The fraction of sp³-hybridized carbons (Fsp3) is 0.391. The Hall–Kier alpha value is -3.09. The summed E-state index contributed by atoms with van der Waals surface area (Å²) in [5.74, 6) is 0.681. The maximum absolute atomic E-state index is 14.0. The summed E-state index contributed by atoms with van der Waals surface area (Å²) < 4.78 is 14.0. The smallest absolute Gasteiger partial charge is 0.253 e. The van der Waals surface area contributed by atoms with Gasteiger partial charge in [0.05, 0.1) is 5.69 Å². The average Bonchev–Trinajstić information content (AvgIpc) is 2.77. The van der Waals surface area contributed by atoms with Crippen LogP contribution in [-0.4, -0.2) is 75.5 Å². The molecule has 1 aliphatic heterocycles. The lowest BCUT2D eigenvalue weighted by Crippen LogP contribution is -2.53. The quantitative estimate of drug-likeness (QED) is 0.607. The van der Waals surface area contributed by atoms with E-state index >= 15 is 0 Å². The molecule has 0 atom stereocenters. The Kier molecular flexibility index (Phi) is 7.27. The van der Waals surface area contributed by atoms with Crippen LogP contribution in [0.3, 0.4) is 0 Å². The normalized spacial score (nSPS) is 14.6. The molecule has 0 saturated carbocycles. The summed E-state index contributed by atoms with van der Waals surface area (Å²) in [5, 5.41) is 3.41. The van der Waals surface area contributed by atoms with Gasteiger partial charge in [-0.2, -0.15) is 0 Å². The molecular weight excluding hydrogens is 381 g/mol. The SMILES string of the molecule is CN=C(NCCc1cccc(C(=O)N(C)C)c1)N1CCN(c2ccccc2F)CC1. The molecule has 1 N–H and O–H groups in total. The molecule has 30 heavy (non-hydrogen) atoms. The minimum atomic E-state index is -0.177. The molecule has 2 aromatic rings. The number of para-hydroxylation sites is 1. The summed E-state index contributed by atoms with van der Waals surface area (Å²) in [6.45, 7) is 3.77. The van der Waals surface area contributed by atoms with Crippen molar-refractivity contribution in [2.24, 2.45) is 4.99 Å². The van der Waals surface area contributed by atoms with Crippen LogP contribution < -0.4 is 10.2 Å². The van der Waals surface area contributed by atoms with Crippen molar-refractivity contribution in [1.29, 1.82) is 0 Å². The molecular formula is C23H30FN5O. The first-order valence-corrected chi connectivity index (χ1v) is 10.2. The van der Waals surface area contributed by atoms with E-state index in [1.165, 1.54) is 6.07 Å². The molecule has 0 aromatic heterocycles. The van der Waals surface area contributed by atoms with E-state index in [-0.39, 0.29) is 11.7 Å². The maximum atomic E-state index is 14.0. The molecule has 160 valence electrons. The van der Waals surface area contributed by atoms with E-state index in [9.17, 15) is 9.18 Å². The largest absolute Gasteiger partial charge is 0.366 e. The van der Waals surface area contributed by atoms with Crippen molar-refractivity contribution in [3.8, 4) is 0 Å². The van der Waals surface area contributed by atoms with E-state index in [0.717, 1.165) is 50.7 Å². The van der Waals surface area contributed by atoms with Crippen molar-refractivity contribution in [2.45, 2.75) is 6.42 Å². The molecule has 1 fully saturated rings. The lowest BCUT2D eigenvalue weighted by Gasteiger charge is -2.37. The van der Waals surface area contributed by atoms with Crippen molar-refractivity contribution in [3.63, 3.8) is 0 Å². The molecule has 3 rings (SSSR count). The predicted octanol–water partition coefficient (Wildman–Crippen LogP) is 2.47. The Balaban J connectivity index is 1.51. The Labute approximate surface area is 178 Å². The highest BCUT2D eigenvalue weighted by Gasteiger charge is 2.21. The van der Waals surface area contributed by atoms with Gasteiger partial charge in [-0.05, 0) is 36.2 Å². The van der Waals surface area contributed by atoms with Crippen molar-refractivity contribution in [3.05, 3.63) is 65.5 Å². The Morgan fingerprint density at radius 3 is 2.50 bits per heavy atom. The van der Waals surface area contributed by atoms with Gasteiger partial charge >= 0.3 is 0 Å². The molecule has 2 aromatic carbocycles. The third-order valence-corrected chi connectivity index (χ3v) is 5.26. The first-order chi connectivity index (χ1) is 14.5. The van der Waals surface area contributed by atoms with E-state index in [1.54, 1.807) is 32.1 Å². The van der Waals surface area contributed by atoms with Crippen LogP contribution in [0.15, 0.2) is 53.5 Å². The van der Waals surface area contributed by atoms with Crippen LogP contribution >= 0.6 is 0 Å². The topological polar surface area (TPSA) is 51.2 Å². The Bertz CT molecular complexity index is 891. The maximum Gasteiger partial charge on any atom is 0.253 e. The monoisotopic (exact) mass is 411 g/mol. The van der Waals surface area contributed by atoms with Crippen molar-refractivity contribution >= 4 is 17.6 Å². The number of amides is 1. The third-order valence-electron chi connectivity index (χ3n) is 5.26. The zero-order valence-electron chi connectivity index (χ0n) is 17.9. The molecule has 1 amide bonds. The number of hydrogen-bond donors (Lipinski definition) is 1. The molecule has 0 aliphatic carbocycles. The van der Waals surface area contributed by atoms with Gasteiger partial charge in [-0.1, -0.05) is 24.3 Å². The fourth-order valence-corrected chi connectivity index (χ4v) is 3.64. The fourth-order valence-electron chi connectivity index (χ4n) is 3.64. The van der Waals surface area contributed by atoms with Gasteiger partial charge in [-0.15, -0.1) is 0 Å². The number of carbonyl (C=O) groups excluding carboxylic acids is 1. The number of nitrogens with zero attached hydrogens (tertiary/aromatic N) is 4. The molecule has 0 bridgehead atoms. The van der Waals surface area contributed by atoms with E-state index in [1.807, 2.05) is 36.4 Å². The summed E-state index contributed by atoms with van der Waals surface area (Å²) in [6, 6.07) is 14.6. The third kappa shape index (κ3) is 5.28. The van der Waals surface area contributed by atoms with Crippen LogP contribution in [0.1, 0.15) is 15.9 Å². The van der Waals surface area contributed by atoms with E-state index < -0.39 is 0 Å². The van der Waals surface area contributed by atoms with Gasteiger partial charge in [0, 0.05) is 59.4 Å². The van der Waals surface area contributed by atoms with Gasteiger partial charge in [0.1, 0.15) is 5.82 Å². The zero-order chi connectivity index (χ0) is 21.5. The number of halogens is 1. The highest BCUT2D eigenvalue weighted by atomic mass is 19.1. The number of piperazine rings is 1. The zero-order valence-corrected chi connectivity index (χ0v) is 17.9. The second kappa shape index (κ2) is 10.1. The number of benzene rings is 2. The Morgan fingerprint density at radius 2 is 1.83 bits per heavy atom. The molecule has 0 spiro atoms. The summed E-state index contributed by atoms with van der Waals surface area (Å²) in [6.07, 6.45) is 0.794. The van der Waals surface area contributed by atoms with E-state index in [2.05, 4.69) is 20.1 Å². The molecule has 0 radical (unpaired) electrons. The van der Waals surface area contributed by atoms with Gasteiger partial charge in [0.15, 0.2) is 5.96 Å². The highest BCUT2D eigenvalue weighted by Crippen LogP contribution is 2.20. The number of anilines is 1. The molecule has 1 heterocycles. The number of guanidine groups is 1. The summed E-state index contributed by atoms with van der Waals surface area (Å²) in [7, 11) is 5.29.